The van der Waals surface area contributed by atoms with Crippen molar-refractivity contribution in [3.05, 3.63) is 0 Å². The van der Waals surface area contributed by atoms with Gasteiger partial charge in [-0.25, -0.2) is 4.21 Å². The SMILES string of the molecule is CC(C)CC(C)OS(=O)[O-]. The van der Waals surface area contributed by atoms with Gasteiger partial charge in [-0.05, 0) is 19.3 Å². The summed E-state index contributed by atoms with van der Waals surface area (Å²) in [6, 6.07) is 0. The topological polar surface area (TPSA) is 49.4 Å². The van der Waals surface area contributed by atoms with Gasteiger partial charge in [0.1, 0.15) is 0 Å². The molecular weight excluding hydrogens is 152 g/mol. The van der Waals surface area contributed by atoms with Gasteiger partial charge in [0, 0.05) is 0 Å². The minimum absolute atomic E-state index is 0.196. The quantitative estimate of drug-likeness (QED) is 0.589. The molecule has 2 atom stereocenters. The van der Waals surface area contributed by atoms with E-state index < -0.39 is 11.4 Å². The van der Waals surface area contributed by atoms with Crippen LogP contribution in [0.15, 0.2) is 0 Å². The maximum absolute atomic E-state index is 9.97. The van der Waals surface area contributed by atoms with Gasteiger partial charge in [-0.1, -0.05) is 13.8 Å². The molecule has 3 nitrogen and oxygen atoms in total. The van der Waals surface area contributed by atoms with Crippen molar-refractivity contribution in [1.29, 1.82) is 0 Å². The summed E-state index contributed by atoms with van der Waals surface area (Å²) in [6.07, 6.45) is 0.576. The molecule has 2 unspecified atom stereocenters. The van der Waals surface area contributed by atoms with E-state index in [9.17, 15) is 8.76 Å². The fourth-order valence-electron chi connectivity index (χ4n) is 0.837. The highest BCUT2D eigenvalue weighted by atomic mass is 32.2. The Kier molecular flexibility index (Phi) is 4.85. The lowest BCUT2D eigenvalue weighted by molar-refractivity contribution is 0.193. The summed E-state index contributed by atoms with van der Waals surface area (Å²) >= 11 is -2.36. The summed E-state index contributed by atoms with van der Waals surface area (Å²) in [5, 5.41) is 0. The third-order valence-electron chi connectivity index (χ3n) is 1.05. The Morgan fingerprint density at radius 3 is 2.30 bits per heavy atom. The first-order valence-corrected chi connectivity index (χ1v) is 4.28. The van der Waals surface area contributed by atoms with Crippen LogP contribution in [0.1, 0.15) is 27.2 Å². The third kappa shape index (κ3) is 6.19. The normalized spacial score (nSPS) is 17.3. The minimum Gasteiger partial charge on any atom is -0.750 e. The van der Waals surface area contributed by atoms with Crippen molar-refractivity contribution in [3.63, 3.8) is 0 Å². The highest BCUT2D eigenvalue weighted by Crippen LogP contribution is 2.07. The molecule has 4 heteroatoms. The van der Waals surface area contributed by atoms with E-state index in [0.29, 0.717) is 5.92 Å². The van der Waals surface area contributed by atoms with E-state index in [-0.39, 0.29) is 6.10 Å². The van der Waals surface area contributed by atoms with Gasteiger partial charge < -0.3 is 4.55 Å². The number of rotatable bonds is 4. The Bertz CT molecular complexity index is 114. The van der Waals surface area contributed by atoms with Crippen molar-refractivity contribution >= 4 is 11.4 Å². The van der Waals surface area contributed by atoms with Gasteiger partial charge in [0.25, 0.3) is 0 Å². The fourth-order valence-corrected chi connectivity index (χ4v) is 1.18. The third-order valence-corrected chi connectivity index (χ3v) is 1.53. The van der Waals surface area contributed by atoms with Crippen LogP contribution in [-0.2, 0) is 15.5 Å². The second-order valence-electron chi connectivity index (χ2n) is 2.74. The molecule has 0 spiro atoms. The molecule has 0 aliphatic heterocycles. The molecule has 0 aliphatic carbocycles. The van der Waals surface area contributed by atoms with E-state index in [0.717, 1.165) is 6.42 Å². The summed E-state index contributed by atoms with van der Waals surface area (Å²) in [7, 11) is 0. The Morgan fingerprint density at radius 2 is 2.00 bits per heavy atom. The van der Waals surface area contributed by atoms with Crippen LogP contribution in [0.25, 0.3) is 0 Å². The van der Waals surface area contributed by atoms with E-state index >= 15 is 0 Å². The molecule has 0 aromatic rings. The van der Waals surface area contributed by atoms with Crippen molar-refractivity contribution < 1.29 is 12.9 Å². The van der Waals surface area contributed by atoms with Crippen molar-refractivity contribution in [1.82, 2.24) is 0 Å². The number of hydrogen-bond acceptors (Lipinski definition) is 3. The molecule has 0 aromatic heterocycles. The molecule has 0 saturated carbocycles. The average molecular weight is 165 g/mol. The lowest BCUT2D eigenvalue weighted by Gasteiger charge is -2.15. The highest BCUT2D eigenvalue weighted by molar-refractivity contribution is 7.74. The summed E-state index contributed by atoms with van der Waals surface area (Å²) < 4.78 is 24.4. The predicted octanol–water partition coefficient (Wildman–Crippen LogP) is 1.23. The molecule has 0 fully saturated rings. The van der Waals surface area contributed by atoms with Crippen molar-refractivity contribution in [3.8, 4) is 0 Å². The smallest absolute Gasteiger partial charge is 0.0844 e. The molecule has 0 rings (SSSR count). The Balaban J connectivity index is 3.43. The lowest BCUT2D eigenvalue weighted by Crippen LogP contribution is -2.12. The van der Waals surface area contributed by atoms with Crippen molar-refractivity contribution in [2.75, 3.05) is 0 Å². The average Bonchev–Trinajstić information content (AvgIpc) is 1.58. The van der Waals surface area contributed by atoms with Gasteiger partial charge in [0.05, 0.1) is 17.5 Å². The molecule has 0 radical (unpaired) electrons. The molecule has 0 aromatic carbocycles. The lowest BCUT2D eigenvalue weighted by atomic mass is 10.1. The molecule has 0 bridgehead atoms. The predicted molar refractivity (Wildman–Crippen MR) is 38.9 cm³/mol. The van der Waals surface area contributed by atoms with Crippen LogP contribution in [0.4, 0.5) is 0 Å². The summed E-state index contributed by atoms with van der Waals surface area (Å²) in [6.45, 7) is 5.79. The largest absolute Gasteiger partial charge is 0.750 e. The zero-order valence-electron chi connectivity index (χ0n) is 6.49. The summed E-state index contributed by atoms with van der Waals surface area (Å²) in [5.41, 5.74) is 0. The molecule has 0 N–H and O–H groups in total. The Labute approximate surface area is 64.3 Å². The van der Waals surface area contributed by atoms with E-state index in [1.807, 2.05) is 13.8 Å². The van der Waals surface area contributed by atoms with Crippen LogP contribution in [0.5, 0.6) is 0 Å². The molecule has 0 heterocycles. The zero-order valence-corrected chi connectivity index (χ0v) is 7.31. The molecule has 0 saturated heterocycles. The van der Waals surface area contributed by atoms with E-state index in [2.05, 4.69) is 4.18 Å². The van der Waals surface area contributed by atoms with Crippen molar-refractivity contribution in [2.45, 2.75) is 33.3 Å². The summed E-state index contributed by atoms with van der Waals surface area (Å²) in [4.78, 5) is 0. The van der Waals surface area contributed by atoms with Gasteiger partial charge in [0.15, 0.2) is 0 Å². The van der Waals surface area contributed by atoms with Gasteiger partial charge in [-0.2, -0.15) is 0 Å². The molecular formula is C6H13O3S-. The maximum atomic E-state index is 9.97. The zero-order chi connectivity index (χ0) is 8.15. The second kappa shape index (κ2) is 4.82. The first-order valence-electron chi connectivity index (χ1n) is 3.28. The molecule has 62 valence electrons. The van der Waals surface area contributed by atoms with E-state index in [1.54, 1.807) is 6.92 Å². The van der Waals surface area contributed by atoms with Gasteiger partial charge in [-0.15, -0.1) is 0 Å². The molecule has 0 amide bonds. The molecule has 0 aliphatic rings. The standard InChI is InChI=1S/C6H14O3S/c1-5(2)4-6(3)9-10(7)8/h5-6H,4H2,1-3H3,(H,7,8)/p-1. The number of hydrogen-bond donors (Lipinski definition) is 0. The van der Waals surface area contributed by atoms with E-state index in [1.165, 1.54) is 0 Å². The Morgan fingerprint density at radius 1 is 1.50 bits per heavy atom. The van der Waals surface area contributed by atoms with Crippen LogP contribution in [0.2, 0.25) is 0 Å². The van der Waals surface area contributed by atoms with Gasteiger partial charge >= 0.3 is 0 Å². The second-order valence-corrected chi connectivity index (χ2v) is 3.34. The van der Waals surface area contributed by atoms with Gasteiger partial charge in [-0.3, -0.25) is 4.18 Å². The van der Waals surface area contributed by atoms with Crippen LogP contribution in [0, 0.1) is 5.92 Å². The van der Waals surface area contributed by atoms with Crippen LogP contribution in [0.3, 0.4) is 0 Å². The highest BCUT2D eigenvalue weighted by Gasteiger charge is 2.04. The van der Waals surface area contributed by atoms with Crippen LogP contribution < -0.4 is 0 Å². The van der Waals surface area contributed by atoms with Crippen LogP contribution in [-0.4, -0.2) is 14.9 Å². The Hall–Kier alpha value is 0.0700. The van der Waals surface area contributed by atoms with Crippen LogP contribution >= 0.6 is 0 Å². The van der Waals surface area contributed by atoms with Crippen molar-refractivity contribution in [2.24, 2.45) is 5.92 Å². The first kappa shape index (κ1) is 10.1. The first-order chi connectivity index (χ1) is 4.52. The van der Waals surface area contributed by atoms with Gasteiger partial charge in [0.2, 0.25) is 0 Å². The maximum Gasteiger partial charge on any atom is 0.0844 e. The fraction of sp³-hybridized carbons (Fsp3) is 1.00. The minimum atomic E-state index is -2.36. The van der Waals surface area contributed by atoms with E-state index in [4.69, 9.17) is 0 Å². The summed E-state index contributed by atoms with van der Waals surface area (Å²) in [5.74, 6) is 0.471. The monoisotopic (exact) mass is 165 g/mol. The molecule has 10 heavy (non-hydrogen) atoms.